The molecule has 0 spiro atoms. The molecule has 0 radical (unpaired) electrons. The molecule has 0 aliphatic heterocycles. The van der Waals surface area contributed by atoms with Crippen LogP contribution < -0.4 is 5.56 Å². The molecule has 1 atom stereocenters. The molecule has 23 heavy (non-hydrogen) atoms. The van der Waals surface area contributed by atoms with Crippen LogP contribution in [0, 0.1) is 5.92 Å². The molecular weight excluding hydrogens is 294 g/mol. The van der Waals surface area contributed by atoms with Gasteiger partial charge < -0.3 is 9.64 Å². The zero-order valence-electron chi connectivity index (χ0n) is 14.9. The van der Waals surface area contributed by atoms with Gasteiger partial charge in [0.15, 0.2) is 0 Å². The number of ether oxygens (including phenoxy) is 1. The summed E-state index contributed by atoms with van der Waals surface area (Å²) < 4.78 is 7.05. The quantitative estimate of drug-likeness (QED) is 0.924. The molecule has 1 amide bonds. The zero-order chi connectivity index (χ0) is 17.2. The molecule has 1 heterocycles. The molecule has 6 nitrogen and oxygen atoms in total. The second-order valence-electron chi connectivity index (χ2n) is 7.58. The topological polar surface area (TPSA) is 67.3 Å². The van der Waals surface area contributed by atoms with Crippen LogP contribution in [0.15, 0.2) is 10.9 Å². The van der Waals surface area contributed by atoms with Crippen LogP contribution in [0.2, 0.25) is 0 Å². The number of nitrogens with one attached hydrogen (secondary N) is 1. The smallest absolute Gasteiger partial charge is 0.410 e. The third-order valence-electron chi connectivity index (χ3n) is 4.44. The van der Waals surface area contributed by atoms with Crippen molar-refractivity contribution in [2.75, 3.05) is 7.05 Å². The summed E-state index contributed by atoms with van der Waals surface area (Å²) in [6, 6.07) is 1.34. The Balaban J connectivity index is 2.05. The molecule has 1 unspecified atom stereocenters. The summed E-state index contributed by atoms with van der Waals surface area (Å²) >= 11 is 0. The lowest BCUT2D eigenvalue weighted by Gasteiger charge is -2.28. The predicted molar refractivity (Wildman–Crippen MR) is 89.4 cm³/mol. The summed E-state index contributed by atoms with van der Waals surface area (Å²) in [4.78, 5) is 25.8. The monoisotopic (exact) mass is 323 g/mol. The van der Waals surface area contributed by atoms with Crippen molar-refractivity contribution in [3.63, 3.8) is 0 Å². The van der Waals surface area contributed by atoms with Gasteiger partial charge in [-0.05, 0) is 46.5 Å². The Morgan fingerprint density at radius 3 is 2.61 bits per heavy atom. The van der Waals surface area contributed by atoms with Gasteiger partial charge in [0.25, 0.3) is 5.56 Å². The molecule has 130 valence electrons. The van der Waals surface area contributed by atoms with Crippen molar-refractivity contribution >= 4 is 6.09 Å². The average molecular weight is 323 g/mol. The number of nitrogens with zero attached hydrogens (tertiary/aromatic N) is 2. The van der Waals surface area contributed by atoms with Crippen LogP contribution in [0.4, 0.5) is 4.79 Å². The fourth-order valence-electron chi connectivity index (χ4n) is 2.96. The molecule has 0 bridgehead atoms. The maximum atomic E-state index is 12.2. The number of hydrogen-bond acceptors (Lipinski definition) is 3. The Bertz CT molecular complexity index is 591. The molecule has 0 aromatic carbocycles. The van der Waals surface area contributed by atoms with E-state index in [1.165, 1.54) is 30.6 Å². The fourth-order valence-corrected chi connectivity index (χ4v) is 2.96. The summed E-state index contributed by atoms with van der Waals surface area (Å²) in [6.45, 7) is 8.13. The Morgan fingerprint density at radius 1 is 1.43 bits per heavy atom. The van der Waals surface area contributed by atoms with E-state index in [9.17, 15) is 9.59 Å². The van der Waals surface area contributed by atoms with Gasteiger partial charge in [-0.2, -0.15) is 0 Å². The first-order chi connectivity index (χ1) is 10.7. The number of carbonyl (C=O) groups excluding carboxylic acids is 1. The van der Waals surface area contributed by atoms with Crippen LogP contribution in [0.25, 0.3) is 0 Å². The minimum absolute atomic E-state index is 0.0312. The number of aromatic amines is 1. The first kappa shape index (κ1) is 17.6. The van der Waals surface area contributed by atoms with Gasteiger partial charge in [-0.15, -0.1) is 0 Å². The van der Waals surface area contributed by atoms with Crippen molar-refractivity contribution in [1.29, 1.82) is 0 Å². The molecule has 1 aliphatic rings. The van der Waals surface area contributed by atoms with E-state index in [0.29, 0.717) is 5.92 Å². The van der Waals surface area contributed by atoms with Crippen molar-refractivity contribution in [3.05, 3.63) is 22.1 Å². The number of amides is 1. The molecular formula is C17H29N3O3. The van der Waals surface area contributed by atoms with Crippen molar-refractivity contribution in [2.45, 2.75) is 71.6 Å². The van der Waals surface area contributed by atoms with Crippen LogP contribution in [-0.2, 0) is 11.3 Å². The van der Waals surface area contributed by atoms with Gasteiger partial charge >= 0.3 is 6.09 Å². The van der Waals surface area contributed by atoms with Crippen LogP contribution in [-0.4, -0.2) is 33.4 Å². The average Bonchev–Trinajstić information content (AvgIpc) is 3.06. The first-order valence-corrected chi connectivity index (χ1v) is 8.43. The van der Waals surface area contributed by atoms with Gasteiger partial charge in [0, 0.05) is 19.7 Å². The predicted octanol–water partition coefficient (Wildman–Crippen LogP) is 3.29. The standard InChI is InChI=1S/C17H29N3O3/c1-12(19(5)16(22)23-17(2,3)4)14-10-15(21)20(18-14)11-13-8-6-7-9-13/h10,12-13,18H,6-9,11H2,1-5H3. The highest BCUT2D eigenvalue weighted by Gasteiger charge is 2.25. The maximum Gasteiger partial charge on any atom is 0.410 e. The molecule has 1 aromatic rings. The number of aromatic nitrogens is 2. The van der Waals surface area contributed by atoms with Gasteiger partial charge in [0.1, 0.15) is 5.60 Å². The highest BCUT2D eigenvalue weighted by molar-refractivity contribution is 5.68. The molecule has 1 saturated carbocycles. The number of H-pyrrole nitrogens is 1. The van der Waals surface area contributed by atoms with E-state index in [1.807, 2.05) is 27.7 Å². The highest BCUT2D eigenvalue weighted by atomic mass is 16.6. The number of hydrogen-bond donors (Lipinski definition) is 1. The van der Waals surface area contributed by atoms with Crippen LogP contribution in [0.1, 0.15) is 65.1 Å². The Labute approximate surface area is 137 Å². The summed E-state index contributed by atoms with van der Waals surface area (Å²) in [5.41, 5.74) is 0.171. The van der Waals surface area contributed by atoms with Crippen molar-refractivity contribution in [3.8, 4) is 0 Å². The van der Waals surface area contributed by atoms with Crippen molar-refractivity contribution in [2.24, 2.45) is 5.92 Å². The van der Waals surface area contributed by atoms with E-state index in [1.54, 1.807) is 17.8 Å². The van der Waals surface area contributed by atoms with Gasteiger partial charge in [0.05, 0.1) is 11.7 Å². The Hall–Kier alpha value is -1.72. The molecule has 1 aliphatic carbocycles. The molecule has 1 fully saturated rings. The molecule has 6 heteroatoms. The molecule has 0 saturated heterocycles. The molecule has 1 aromatic heterocycles. The number of rotatable bonds is 4. The first-order valence-electron chi connectivity index (χ1n) is 8.43. The second-order valence-corrected chi connectivity index (χ2v) is 7.58. The summed E-state index contributed by atoms with van der Waals surface area (Å²) in [6.07, 6.45) is 4.49. The Kier molecular flexibility index (Phi) is 5.22. The fraction of sp³-hybridized carbons (Fsp3) is 0.765. The van der Waals surface area contributed by atoms with E-state index < -0.39 is 11.7 Å². The van der Waals surface area contributed by atoms with Gasteiger partial charge in [-0.3, -0.25) is 14.6 Å². The number of carbonyl (C=O) groups is 1. The summed E-state index contributed by atoms with van der Waals surface area (Å²) in [7, 11) is 1.69. The van der Waals surface area contributed by atoms with Crippen LogP contribution >= 0.6 is 0 Å². The minimum Gasteiger partial charge on any atom is -0.444 e. The van der Waals surface area contributed by atoms with Gasteiger partial charge in [-0.1, -0.05) is 12.8 Å². The molecule has 1 N–H and O–H groups in total. The normalized spacial score (nSPS) is 17.3. The lowest BCUT2D eigenvalue weighted by atomic mass is 10.1. The lowest BCUT2D eigenvalue weighted by molar-refractivity contribution is 0.0230. The molecule has 2 rings (SSSR count). The lowest BCUT2D eigenvalue weighted by Crippen LogP contribution is -2.35. The van der Waals surface area contributed by atoms with E-state index >= 15 is 0 Å². The van der Waals surface area contributed by atoms with E-state index in [-0.39, 0.29) is 11.6 Å². The summed E-state index contributed by atoms with van der Waals surface area (Å²) in [5.74, 6) is 0.582. The van der Waals surface area contributed by atoms with E-state index in [2.05, 4.69) is 5.10 Å². The van der Waals surface area contributed by atoms with Gasteiger partial charge in [0.2, 0.25) is 0 Å². The van der Waals surface area contributed by atoms with Crippen LogP contribution in [0.3, 0.4) is 0 Å². The van der Waals surface area contributed by atoms with Crippen molar-refractivity contribution in [1.82, 2.24) is 14.7 Å². The third-order valence-corrected chi connectivity index (χ3v) is 4.44. The van der Waals surface area contributed by atoms with Crippen LogP contribution in [0.5, 0.6) is 0 Å². The SMILES string of the molecule is CC(c1cc(=O)n(CC2CCCC2)[nH]1)N(C)C(=O)OC(C)(C)C. The van der Waals surface area contributed by atoms with E-state index in [0.717, 1.165) is 12.2 Å². The van der Waals surface area contributed by atoms with Crippen molar-refractivity contribution < 1.29 is 9.53 Å². The van der Waals surface area contributed by atoms with E-state index in [4.69, 9.17) is 4.74 Å². The Morgan fingerprint density at radius 2 is 2.04 bits per heavy atom. The largest absolute Gasteiger partial charge is 0.444 e. The van der Waals surface area contributed by atoms with Gasteiger partial charge in [-0.25, -0.2) is 4.79 Å². The zero-order valence-corrected chi connectivity index (χ0v) is 14.9. The second kappa shape index (κ2) is 6.81. The highest BCUT2D eigenvalue weighted by Crippen LogP contribution is 2.26. The third kappa shape index (κ3) is 4.62. The maximum absolute atomic E-state index is 12.2. The summed E-state index contributed by atoms with van der Waals surface area (Å²) in [5, 5.41) is 3.16. The minimum atomic E-state index is -0.535.